The smallest absolute Gasteiger partial charge is 0.368 e. The van der Waals surface area contributed by atoms with Crippen LogP contribution < -0.4 is 10.2 Å². The second-order valence-corrected chi connectivity index (χ2v) is 6.47. The summed E-state index contributed by atoms with van der Waals surface area (Å²) >= 11 is 0. The van der Waals surface area contributed by atoms with Gasteiger partial charge in [0.05, 0.1) is 5.56 Å². The number of nitrogens with zero attached hydrogens (tertiary/aromatic N) is 2. The molecule has 1 saturated heterocycles. The Bertz CT molecular complexity index is 799. The van der Waals surface area contributed by atoms with E-state index in [9.17, 15) is 18.0 Å². The fraction of sp³-hybridized carbons (Fsp3) is 0.350. The van der Waals surface area contributed by atoms with Crippen LogP contribution in [-0.4, -0.2) is 37.1 Å². The molecule has 0 aromatic heterocycles. The Balaban J connectivity index is 1.61. The van der Waals surface area contributed by atoms with Crippen molar-refractivity contribution in [3.05, 3.63) is 59.7 Å². The highest BCUT2D eigenvalue weighted by Gasteiger charge is 2.30. The van der Waals surface area contributed by atoms with Crippen molar-refractivity contribution in [1.29, 1.82) is 0 Å². The summed E-state index contributed by atoms with van der Waals surface area (Å²) in [7, 11) is 0. The Kier molecular flexibility index (Phi) is 5.58. The average molecular weight is 377 g/mol. The largest absolute Gasteiger partial charge is 0.416 e. The third kappa shape index (κ3) is 4.53. The van der Waals surface area contributed by atoms with Gasteiger partial charge in [0.2, 0.25) is 0 Å². The molecule has 7 heteroatoms. The van der Waals surface area contributed by atoms with Crippen LogP contribution in [0.4, 0.5) is 29.3 Å². The normalized spacial score (nSPS) is 15.0. The molecule has 1 N–H and O–H groups in total. The van der Waals surface area contributed by atoms with Crippen LogP contribution in [0.3, 0.4) is 0 Å². The standard InChI is InChI=1S/C20H22F3N3O/c1-2-15-6-3-4-9-18(15)25-10-12-26(13-11-25)19(27)24-17-8-5-7-16(14-17)20(21,22)23/h3-9,14H,2,10-13H2,1H3,(H,24,27). The third-order valence-corrected chi connectivity index (χ3v) is 4.72. The highest BCUT2D eigenvalue weighted by Crippen LogP contribution is 2.30. The van der Waals surface area contributed by atoms with Gasteiger partial charge >= 0.3 is 12.2 Å². The van der Waals surface area contributed by atoms with Crippen molar-refractivity contribution in [1.82, 2.24) is 4.90 Å². The number of carbonyl (C=O) groups excluding carboxylic acids is 1. The minimum absolute atomic E-state index is 0.147. The van der Waals surface area contributed by atoms with Gasteiger partial charge in [-0.05, 0) is 36.2 Å². The molecule has 1 aliphatic rings. The third-order valence-electron chi connectivity index (χ3n) is 4.72. The van der Waals surface area contributed by atoms with E-state index in [0.717, 1.165) is 18.6 Å². The molecule has 0 atom stereocenters. The summed E-state index contributed by atoms with van der Waals surface area (Å²) in [5.41, 5.74) is 1.81. The number of nitrogens with one attached hydrogen (secondary N) is 1. The first-order valence-corrected chi connectivity index (χ1v) is 8.94. The van der Waals surface area contributed by atoms with Crippen molar-refractivity contribution < 1.29 is 18.0 Å². The van der Waals surface area contributed by atoms with Gasteiger partial charge in [0.25, 0.3) is 0 Å². The number of hydrogen-bond donors (Lipinski definition) is 1. The first-order chi connectivity index (χ1) is 12.9. The Morgan fingerprint density at radius 3 is 2.41 bits per heavy atom. The van der Waals surface area contributed by atoms with Crippen molar-refractivity contribution in [2.24, 2.45) is 0 Å². The number of urea groups is 1. The van der Waals surface area contributed by atoms with Gasteiger partial charge in [-0.15, -0.1) is 0 Å². The summed E-state index contributed by atoms with van der Waals surface area (Å²) < 4.78 is 38.4. The lowest BCUT2D eigenvalue weighted by atomic mass is 10.1. The van der Waals surface area contributed by atoms with Gasteiger partial charge in [0.1, 0.15) is 0 Å². The highest BCUT2D eigenvalue weighted by molar-refractivity contribution is 5.89. The Labute approximate surface area is 156 Å². The summed E-state index contributed by atoms with van der Waals surface area (Å²) in [5, 5.41) is 2.57. The zero-order valence-electron chi connectivity index (χ0n) is 15.1. The molecular weight excluding hydrogens is 355 g/mol. The van der Waals surface area contributed by atoms with Gasteiger partial charge in [0, 0.05) is 37.6 Å². The van der Waals surface area contributed by atoms with Crippen molar-refractivity contribution >= 4 is 17.4 Å². The Morgan fingerprint density at radius 2 is 1.74 bits per heavy atom. The van der Waals surface area contributed by atoms with Gasteiger partial charge in [-0.3, -0.25) is 0 Å². The summed E-state index contributed by atoms with van der Waals surface area (Å²) in [6.45, 7) is 4.52. The minimum atomic E-state index is -4.43. The first-order valence-electron chi connectivity index (χ1n) is 8.94. The quantitative estimate of drug-likeness (QED) is 0.847. The van der Waals surface area contributed by atoms with Crippen molar-refractivity contribution in [2.75, 3.05) is 36.4 Å². The van der Waals surface area contributed by atoms with E-state index in [4.69, 9.17) is 0 Å². The number of piperazine rings is 1. The van der Waals surface area contributed by atoms with Crippen LogP contribution in [0.25, 0.3) is 0 Å². The number of hydrogen-bond acceptors (Lipinski definition) is 2. The lowest BCUT2D eigenvalue weighted by Gasteiger charge is -2.37. The predicted molar refractivity (Wildman–Crippen MR) is 100 cm³/mol. The van der Waals surface area contributed by atoms with E-state index >= 15 is 0 Å². The molecule has 0 bridgehead atoms. The molecule has 144 valence electrons. The van der Waals surface area contributed by atoms with Crippen molar-refractivity contribution in [3.8, 4) is 0 Å². The first kappa shape index (κ1) is 19.1. The molecule has 27 heavy (non-hydrogen) atoms. The number of amides is 2. The number of carbonyl (C=O) groups is 1. The van der Waals surface area contributed by atoms with Crippen LogP contribution in [-0.2, 0) is 12.6 Å². The maximum atomic E-state index is 12.8. The number of aryl methyl sites for hydroxylation is 1. The molecule has 0 unspecified atom stereocenters. The van der Waals surface area contributed by atoms with Gasteiger partial charge in [0.15, 0.2) is 0 Å². The number of rotatable bonds is 3. The van der Waals surface area contributed by atoms with Crippen LogP contribution in [0.2, 0.25) is 0 Å². The van der Waals surface area contributed by atoms with Crippen LogP contribution >= 0.6 is 0 Å². The van der Waals surface area contributed by atoms with E-state index < -0.39 is 11.7 Å². The van der Waals surface area contributed by atoms with Crippen molar-refractivity contribution in [3.63, 3.8) is 0 Å². The van der Waals surface area contributed by atoms with Gasteiger partial charge in [-0.1, -0.05) is 31.2 Å². The maximum Gasteiger partial charge on any atom is 0.416 e. The van der Waals surface area contributed by atoms with E-state index in [2.05, 4.69) is 29.3 Å². The number of benzene rings is 2. The van der Waals surface area contributed by atoms with Crippen LogP contribution in [0.5, 0.6) is 0 Å². The van der Waals surface area contributed by atoms with E-state index in [1.165, 1.54) is 23.4 Å². The molecule has 0 saturated carbocycles. The van der Waals surface area contributed by atoms with E-state index in [1.807, 2.05) is 12.1 Å². The topological polar surface area (TPSA) is 35.6 Å². The van der Waals surface area contributed by atoms with E-state index in [1.54, 1.807) is 4.90 Å². The van der Waals surface area contributed by atoms with Gasteiger partial charge in [-0.2, -0.15) is 13.2 Å². The predicted octanol–water partition coefficient (Wildman–Crippen LogP) is 4.62. The van der Waals surface area contributed by atoms with Crippen LogP contribution in [0.1, 0.15) is 18.1 Å². The molecule has 1 heterocycles. The van der Waals surface area contributed by atoms with E-state index in [0.29, 0.717) is 26.2 Å². The lowest BCUT2D eigenvalue weighted by Crippen LogP contribution is -2.50. The molecular formula is C20H22F3N3O. The van der Waals surface area contributed by atoms with E-state index in [-0.39, 0.29) is 11.7 Å². The Hall–Kier alpha value is -2.70. The van der Waals surface area contributed by atoms with Gasteiger partial charge in [-0.25, -0.2) is 4.79 Å². The summed E-state index contributed by atoms with van der Waals surface area (Å²) in [5.74, 6) is 0. The zero-order valence-corrected chi connectivity index (χ0v) is 15.1. The highest BCUT2D eigenvalue weighted by atomic mass is 19.4. The molecule has 4 nitrogen and oxygen atoms in total. The summed E-state index contributed by atoms with van der Waals surface area (Å²) in [6, 6.07) is 12.5. The molecule has 1 fully saturated rings. The molecule has 1 aliphatic heterocycles. The average Bonchev–Trinajstić information content (AvgIpc) is 2.67. The van der Waals surface area contributed by atoms with Crippen LogP contribution in [0, 0.1) is 0 Å². The second kappa shape index (κ2) is 7.90. The maximum absolute atomic E-state index is 12.8. The van der Waals surface area contributed by atoms with Gasteiger partial charge < -0.3 is 15.1 Å². The molecule has 0 aliphatic carbocycles. The number of alkyl halides is 3. The Morgan fingerprint density at radius 1 is 1.04 bits per heavy atom. The number of para-hydroxylation sites is 1. The lowest BCUT2D eigenvalue weighted by molar-refractivity contribution is -0.137. The second-order valence-electron chi connectivity index (χ2n) is 6.47. The number of halogens is 3. The SMILES string of the molecule is CCc1ccccc1N1CCN(C(=O)Nc2cccc(C(F)(F)F)c2)CC1. The minimum Gasteiger partial charge on any atom is -0.368 e. The van der Waals surface area contributed by atoms with Crippen LogP contribution in [0.15, 0.2) is 48.5 Å². The monoisotopic (exact) mass is 377 g/mol. The number of anilines is 2. The molecule has 0 radical (unpaired) electrons. The molecule has 2 amide bonds. The molecule has 3 rings (SSSR count). The zero-order chi connectivity index (χ0) is 19.4. The van der Waals surface area contributed by atoms with Crippen molar-refractivity contribution in [2.45, 2.75) is 19.5 Å². The molecule has 0 spiro atoms. The summed E-state index contributed by atoms with van der Waals surface area (Å²) in [4.78, 5) is 16.3. The fourth-order valence-corrected chi connectivity index (χ4v) is 3.24. The fourth-order valence-electron chi connectivity index (χ4n) is 3.24. The summed E-state index contributed by atoms with van der Waals surface area (Å²) in [6.07, 6.45) is -3.49. The molecule has 2 aromatic carbocycles. The molecule has 2 aromatic rings.